The van der Waals surface area contributed by atoms with E-state index in [1.165, 1.54) is 43.4 Å². The Morgan fingerprint density at radius 1 is 1.26 bits per heavy atom. The van der Waals surface area contributed by atoms with E-state index in [0.29, 0.717) is 30.1 Å². The summed E-state index contributed by atoms with van der Waals surface area (Å²) >= 11 is 0. The predicted octanol–water partition coefficient (Wildman–Crippen LogP) is 5.20. The first-order valence-corrected chi connectivity index (χ1v) is 14.1. The fourth-order valence-electron chi connectivity index (χ4n) is 6.39. The molecular formula is C29H41N9O. The second-order valence-electron chi connectivity index (χ2n) is 11.3. The lowest BCUT2D eigenvalue weighted by molar-refractivity contribution is 0.198. The highest BCUT2D eigenvalue weighted by Crippen LogP contribution is 2.45. The highest BCUT2D eigenvalue weighted by Gasteiger charge is 2.35. The number of hydrogen-bond donors (Lipinski definition) is 3. The number of allylic oxidation sites excluding steroid dienone is 2. The van der Waals surface area contributed by atoms with E-state index in [1.54, 1.807) is 5.57 Å². The molecule has 0 radical (unpaired) electrons. The molecule has 3 atom stereocenters. The Labute approximate surface area is 231 Å². The lowest BCUT2D eigenvalue weighted by Crippen LogP contribution is -2.42. The molecule has 208 valence electrons. The van der Waals surface area contributed by atoms with Crippen LogP contribution in [0, 0.1) is 11.8 Å². The van der Waals surface area contributed by atoms with Gasteiger partial charge in [0.05, 0.1) is 12.7 Å². The summed E-state index contributed by atoms with van der Waals surface area (Å²) in [6, 6.07) is 4.65. The number of amidine groups is 1. The first kappa shape index (κ1) is 26.9. The molecule has 39 heavy (non-hydrogen) atoms. The van der Waals surface area contributed by atoms with Crippen LogP contribution in [0.2, 0.25) is 0 Å². The molecular weight excluding hydrogens is 490 g/mol. The molecule has 3 heterocycles. The molecule has 10 nitrogen and oxygen atoms in total. The number of nitrogens with one attached hydrogen (secondary N) is 1. The quantitative estimate of drug-likeness (QED) is 0.174. The van der Waals surface area contributed by atoms with Crippen LogP contribution in [0.3, 0.4) is 0 Å². The van der Waals surface area contributed by atoms with Crippen molar-refractivity contribution in [2.45, 2.75) is 77.3 Å². The van der Waals surface area contributed by atoms with E-state index in [2.05, 4.69) is 68.9 Å². The maximum atomic E-state index is 9.31. The van der Waals surface area contributed by atoms with Crippen molar-refractivity contribution in [2.75, 3.05) is 23.9 Å². The van der Waals surface area contributed by atoms with Crippen LogP contribution in [0.15, 0.2) is 45.9 Å². The zero-order valence-electron chi connectivity index (χ0n) is 23.3. The van der Waals surface area contributed by atoms with Gasteiger partial charge in [-0.1, -0.05) is 24.6 Å². The summed E-state index contributed by atoms with van der Waals surface area (Å²) in [4.78, 5) is 22.6. The highest BCUT2D eigenvalue weighted by molar-refractivity contribution is 5.95. The van der Waals surface area contributed by atoms with Crippen molar-refractivity contribution in [2.24, 2.45) is 27.7 Å². The Morgan fingerprint density at radius 2 is 2.08 bits per heavy atom. The van der Waals surface area contributed by atoms with Crippen molar-refractivity contribution in [1.82, 2.24) is 19.9 Å². The lowest BCUT2D eigenvalue weighted by Gasteiger charge is -2.46. The van der Waals surface area contributed by atoms with E-state index in [9.17, 15) is 5.21 Å². The van der Waals surface area contributed by atoms with E-state index >= 15 is 0 Å². The summed E-state index contributed by atoms with van der Waals surface area (Å²) < 4.78 is 0. The zero-order valence-corrected chi connectivity index (χ0v) is 23.3. The molecule has 1 aliphatic heterocycles. The second kappa shape index (κ2) is 11.6. The number of rotatable bonds is 9. The van der Waals surface area contributed by atoms with Crippen molar-refractivity contribution in [3.05, 3.63) is 47.2 Å². The van der Waals surface area contributed by atoms with Gasteiger partial charge in [-0.05, 0) is 87.6 Å². The van der Waals surface area contributed by atoms with Crippen LogP contribution in [-0.2, 0) is 0 Å². The third-order valence-electron chi connectivity index (χ3n) is 8.82. The molecule has 0 aromatic carbocycles. The number of oxime groups is 1. The Bertz CT molecular complexity index is 1240. The average molecular weight is 532 g/mol. The number of nitrogens with zero attached hydrogens (tertiary/aromatic N) is 7. The van der Waals surface area contributed by atoms with E-state index in [-0.39, 0.29) is 23.7 Å². The summed E-state index contributed by atoms with van der Waals surface area (Å²) in [6.07, 6.45) is 13.2. The van der Waals surface area contributed by atoms with Crippen LogP contribution >= 0.6 is 0 Å². The highest BCUT2D eigenvalue weighted by atomic mass is 16.4. The Balaban J connectivity index is 1.54. The number of aromatic nitrogens is 3. The summed E-state index contributed by atoms with van der Waals surface area (Å²) in [5.41, 5.74) is 10.9. The van der Waals surface area contributed by atoms with Gasteiger partial charge in [0.1, 0.15) is 5.69 Å². The van der Waals surface area contributed by atoms with Crippen LogP contribution in [0.25, 0.3) is 0 Å². The fraction of sp³-hybridized carbons (Fsp3) is 0.552. The molecule has 1 unspecified atom stereocenters. The average Bonchev–Trinajstić information content (AvgIpc) is 2.92. The van der Waals surface area contributed by atoms with Crippen LogP contribution in [0.1, 0.15) is 82.6 Å². The molecule has 2 aliphatic carbocycles. The SMILES string of the molecule is C=Nc1nc(/C(N)=N/O)nc(N[C@H](C)C2CCC2)c1N(C)CN1C2=C(CCC1c1cccnc1)[C@@H](C)CCC2. The smallest absolute Gasteiger partial charge is 0.208 e. The molecule has 2 aromatic rings. The van der Waals surface area contributed by atoms with Crippen LogP contribution in [0.4, 0.5) is 17.3 Å². The number of hydrogen-bond acceptors (Lipinski definition) is 9. The van der Waals surface area contributed by atoms with E-state index < -0.39 is 0 Å². The molecule has 5 rings (SSSR count). The van der Waals surface area contributed by atoms with Crippen LogP contribution in [0.5, 0.6) is 0 Å². The Kier molecular flexibility index (Phi) is 7.99. The first-order valence-electron chi connectivity index (χ1n) is 14.1. The van der Waals surface area contributed by atoms with Gasteiger partial charge in [0.25, 0.3) is 0 Å². The number of pyridine rings is 1. The molecule has 1 fully saturated rings. The Morgan fingerprint density at radius 3 is 2.74 bits per heavy atom. The van der Waals surface area contributed by atoms with Gasteiger partial charge in [-0.25, -0.2) is 15.0 Å². The molecule has 2 aromatic heterocycles. The zero-order chi connectivity index (χ0) is 27.5. The second-order valence-corrected chi connectivity index (χ2v) is 11.3. The van der Waals surface area contributed by atoms with Crippen molar-refractivity contribution >= 4 is 29.9 Å². The van der Waals surface area contributed by atoms with Gasteiger partial charge >= 0.3 is 0 Å². The van der Waals surface area contributed by atoms with Crippen LogP contribution in [-0.4, -0.2) is 57.4 Å². The standard InChI is InChI=1S/C29H41N9O/c1-18-8-5-12-24-22(18)13-14-23(21-11-7-15-32-16-21)38(24)17-37(4)25-27(31-3)34-29(26(30)36-39)35-28(25)33-19(2)20-9-6-10-20/h7,11,15-16,18-20,23,39H,3,5-6,8-10,12-14,17H2,1-2,4H3,(H2,30,36)(H,33,34,35)/t18-,19+,23?/m0/s1. The van der Waals surface area contributed by atoms with E-state index in [0.717, 1.165) is 24.9 Å². The van der Waals surface area contributed by atoms with Crippen molar-refractivity contribution < 1.29 is 5.21 Å². The minimum Gasteiger partial charge on any atom is -0.409 e. The topological polar surface area (TPSA) is 128 Å². The minimum absolute atomic E-state index is 0.123. The van der Waals surface area contributed by atoms with Gasteiger partial charge in [-0.3, -0.25) is 4.98 Å². The normalized spacial score (nSPS) is 22.6. The van der Waals surface area contributed by atoms with Gasteiger partial charge in [0.2, 0.25) is 11.7 Å². The number of anilines is 2. The third-order valence-corrected chi connectivity index (χ3v) is 8.82. The maximum Gasteiger partial charge on any atom is 0.208 e. The number of aliphatic imine (C=N–C) groups is 1. The molecule has 4 N–H and O–H groups in total. The maximum absolute atomic E-state index is 9.31. The summed E-state index contributed by atoms with van der Waals surface area (Å²) in [6.45, 7) is 8.98. The summed E-state index contributed by atoms with van der Waals surface area (Å²) in [5.74, 6) is 2.17. The summed E-state index contributed by atoms with van der Waals surface area (Å²) in [7, 11) is 2.05. The van der Waals surface area contributed by atoms with E-state index in [1.807, 2.05) is 18.5 Å². The van der Waals surface area contributed by atoms with Gasteiger partial charge in [-0.2, -0.15) is 0 Å². The molecule has 0 spiro atoms. The Hall–Kier alpha value is -3.69. The van der Waals surface area contributed by atoms with Gasteiger partial charge < -0.3 is 26.1 Å². The minimum atomic E-state index is -0.160. The first-order chi connectivity index (χ1) is 18.9. The van der Waals surface area contributed by atoms with Crippen molar-refractivity contribution in [1.29, 1.82) is 0 Å². The fourth-order valence-corrected chi connectivity index (χ4v) is 6.39. The lowest BCUT2D eigenvalue weighted by atomic mass is 9.79. The van der Waals surface area contributed by atoms with Crippen molar-refractivity contribution in [3.8, 4) is 0 Å². The molecule has 0 bridgehead atoms. The predicted molar refractivity (Wildman–Crippen MR) is 156 cm³/mol. The molecule has 10 heteroatoms. The van der Waals surface area contributed by atoms with Gasteiger partial charge in [0.15, 0.2) is 11.6 Å². The van der Waals surface area contributed by atoms with Crippen molar-refractivity contribution in [3.63, 3.8) is 0 Å². The molecule has 1 saturated carbocycles. The number of nitrogens with two attached hydrogens (primary N) is 1. The monoisotopic (exact) mass is 531 g/mol. The van der Waals surface area contributed by atoms with Gasteiger partial charge in [0, 0.05) is 31.2 Å². The van der Waals surface area contributed by atoms with Crippen LogP contribution < -0.4 is 16.0 Å². The molecule has 3 aliphatic rings. The van der Waals surface area contributed by atoms with E-state index in [4.69, 9.17) is 10.7 Å². The summed E-state index contributed by atoms with van der Waals surface area (Å²) in [5, 5.41) is 16.1. The van der Waals surface area contributed by atoms with Gasteiger partial charge in [-0.15, -0.1) is 0 Å². The molecule has 0 saturated heterocycles. The largest absolute Gasteiger partial charge is 0.409 e. The molecule has 0 amide bonds. The third kappa shape index (κ3) is 5.42.